The van der Waals surface area contributed by atoms with Gasteiger partial charge in [0, 0.05) is 12.1 Å². The fourth-order valence-corrected chi connectivity index (χ4v) is 1.71. The van der Waals surface area contributed by atoms with Gasteiger partial charge in [-0.05, 0) is 30.7 Å². The summed E-state index contributed by atoms with van der Waals surface area (Å²) in [4.78, 5) is 0. The number of nitrogens with zero attached hydrogens (tertiary/aromatic N) is 1. The molecule has 0 aliphatic rings. The van der Waals surface area contributed by atoms with Crippen molar-refractivity contribution < 1.29 is 9.94 Å². The van der Waals surface area contributed by atoms with E-state index in [0.29, 0.717) is 18.7 Å². The largest absolute Gasteiger partial charge is 0.492 e. The van der Waals surface area contributed by atoms with Crippen LogP contribution in [0.3, 0.4) is 0 Å². The lowest BCUT2D eigenvalue weighted by molar-refractivity contribution is 0.309. The van der Waals surface area contributed by atoms with E-state index in [4.69, 9.17) is 22.1 Å². The van der Waals surface area contributed by atoms with E-state index in [2.05, 4.69) is 23.3 Å². The first-order chi connectivity index (χ1) is 9.71. The van der Waals surface area contributed by atoms with Gasteiger partial charge in [-0.1, -0.05) is 24.4 Å². The smallest absolute Gasteiger partial charge is 0.170 e. The highest BCUT2D eigenvalue weighted by Gasteiger charge is 2.02. The number of benzene rings is 1. The molecule has 0 bridgehead atoms. The van der Waals surface area contributed by atoms with Crippen LogP contribution in [-0.2, 0) is 0 Å². The molecule has 0 aliphatic carbocycles. The van der Waals surface area contributed by atoms with Crippen LogP contribution in [-0.4, -0.2) is 30.2 Å². The number of hydrogen-bond acceptors (Lipinski definition) is 4. The minimum absolute atomic E-state index is 0.0784. The monoisotopic (exact) mass is 275 g/mol. The minimum atomic E-state index is 0.0784. The molecule has 108 valence electrons. The minimum Gasteiger partial charge on any atom is -0.492 e. The Morgan fingerprint density at radius 2 is 2.20 bits per heavy atom. The van der Waals surface area contributed by atoms with E-state index >= 15 is 0 Å². The van der Waals surface area contributed by atoms with Gasteiger partial charge in [-0.25, -0.2) is 0 Å². The van der Waals surface area contributed by atoms with Crippen molar-refractivity contribution in [2.75, 3.05) is 13.2 Å². The molecule has 0 saturated heterocycles. The van der Waals surface area contributed by atoms with Gasteiger partial charge in [0.15, 0.2) is 5.84 Å². The number of ether oxygens (including phenoxy) is 1. The lowest BCUT2D eigenvalue weighted by Gasteiger charge is -2.12. The Morgan fingerprint density at radius 3 is 2.75 bits per heavy atom. The maximum atomic E-state index is 8.56. The summed E-state index contributed by atoms with van der Waals surface area (Å²) in [5.74, 6) is 3.52. The van der Waals surface area contributed by atoms with Crippen LogP contribution in [0.2, 0.25) is 0 Å². The predicted octanol–water partition coefficient (Wildman–Crippen LogP) is 1.55. The Hall–Kier alpha value is -2.19. The molecule has 1 atom stereocenters. The molecule has 0 aromatic heterocycles. The molecule has 0 heterocycles. The second kappa shape index (κ2) is 8.83. The first-order valence-electron chi connectivity index (χ1n) is 6.61. The Balaban J connectivity index is 2.34. The quantitative estimate of drug-likeness (QED) is 0.168. The molecule has 4 N–H and O–H groups in total. The Labute approximate surface area is 119 Å². The SMILES string of the molecule is C#CC(CCC)NCCOc1ccc(/C(N)=N/O)cc1. The van der Waals surface area contributed by atoms with Crippen LogP contribution in [0.15, 0.2) is 29.4 Å². The molecule has 20 heavy (non-hydrogen) atoms. The normalized spacial score (nSPS) is 12.7. The van der Waals surface area contributed by atoms with Gasteiger partial charge in [-0.2, -0.15) is 0 Å². The first kappa shape index (κ1) is 15.9. The third-order valence-corrected chi connectivity index (χ3v) is 2.80. The molecule has 5 nitrogen and oxygen atoms in total. The van der Waals surface area contributed by atoms with Crippen molar-refractivity contribution in [1.82, 2.24) is 5.32 Å². The second-order valence-electron chi connectivity index (χ2n) is 4.32. The number of hydrogen-bond donors (Lipinski definition) is 3. The van der Waals surface area contributed by atoms with Gasteiger partial charge in [0.05, 0.1) is 6.04 Å². The highest BCUT2D eigenvalue weighted by atomic mass is 16.5. The number of rotatable bonds is 8. The number of amidine groups is 1. The topological polar surface area (TPSA) is 79.9 Å². The zero-order valence-electron chi connectivity index (χ0n) is 11.7. The lowest BCUT2D eigenvalue weighted by Crippen LogP contribution is -2.31. The Morgan fingerprint density at radius 1 is 1.50 bits per heavy atom. The highest BCUT2D eigenvalue weighted by molar-refractivity contribution is 5.97. The van der Waals surface area contributed by atoms with Gasteiger partial charge in [0.2, 0.25) is 0 Å². The van der Waals surface area contributed by atoms with Gasteiger partial charge in [0.1, 0.15) is 12.4 Å². The standard InChI is InChI=1S/C15H21N3O2/c1-3-5-13(4-2)17-10-11-20-14-8-6-12(7-9-14)15(16)18-19/h2,6-9,13,17,19H,3,5,10-11H2,1H3,(H2,16,18). The predicted molar refractivity (Wildman–Crippen MR) is 80.0 cm³/mol. The van der Waals surface area contributed by atoms with Crippen LogP contribution < -0.4 is 15.8 Å². The molecule has 0 fully saturated rings. The average molecular weight is 275 g/mol. The van der Waals surface area contributed by atoms with Gasteiger partial charge in [-0.15, -0.1) is 6.42 Å². The third kappa shape index (κ3) is 5.21. The third-order valence-electron chi connectivity index (χ3n) is 2.80. The van der Waals surface area contributed by atoms with Crippen molar-refractivity contribution >= 4 is 5.84 Å². The van der Waals surface area contributed by atoms with Gasteiger partial charge in [0.25, 0.3) is 0 Å². The van der Waals surface area contributed by atoms with Crippen molar-refractivity contribution in [3.05, 3.63) is 29.8 Å². The van der Waals surface area contributed by atoms with Gasteiger partial charge < -0.3 is 21.0 Å². The summed E-state index contributed by atoms with van der Waals surface area (Å²) in [5.41, 5.74) is 6.12. The van der Waals surface area contributed by atoms with E-state index in [-0.39, 0.29) is 11.9 Å². The number of nitrogens with two attached hydrogens (primary N) is 1. The second-order valence-corrected chi connectivity index (χ2v) is 4.32. The van der Waals surface area contributed by atoms with E-state index < -0.39 is 0 Å². The fourth-order valence-electron chi connectivity index (χ4n) is 1.71. The van der Waals surface area contributed by atoms with E-state index in [9.17, 15) is 0 Å². The fraction of sp³-hybridized carbons (Fsp3) is 0.400. The molecule has 1 aromatic rings. The van der Waals surface area contributed by atoms with Crippen LogP contribution in [0.25, 0.3) is 0 Å². The van der Waals surface area contributed by atoms with Gasteiger partial charge >= 0.3 is 0 Å². The zero-order valence-corrected chi connectivity index (χ0v) is 11.7. The molecule has 1 aromatic carbocycles. The summed E-state index contributed by atoms with van der Waals surface area (Å²) in [7, 11) is 0. The van der Waals surface area contributed by atoms with E-state index in [1.165, 1.54) is 0 Å². The average Bonchev–Trinajstić information content (AvgIpc) is 2.50. The molecule has 1 unspecified atom stereocenters. The number of oxime groups is 1. The van der Waals surface area contributed by atoms with Gasteiger partial charge in [-0.3, -0.25) is 0 Å². The first-order valence-corrected chi connectivity index (χ1v) is 6.61. The Kier molecular flexibility index (Phi) is 7.01. The van der Waals surface area contributed by atoms with Crippen LogP contribution >= 0.6 is 0 Å². The highest BCUT2D eigenvalue weighted by Crippen LogP contribution is 2.11. The molecule has 0 saturated carbocycles. The molecule has 0 radical (unpaired) electrons. The molecule has 0 amide bonds. The van der Waals surface area contributed by atoms with E-state index in [1.807, 2.05) is 0 Å². The molecule has 5 heteroatoms. The van der Waals surface area contributed by atoms with Crippen LogP contribution in [0, 0.1) is 12.3 Å². The molecular weight excluding hydrogens is 254 g/mol. The van der Waals surface area contributed by atoms with Crippen molar-refractivity contribution in [1.29, 1.82) is 0 Å². The van der Waals surface area contributed by atoms with Crippen molar-refractivity contribution in [2.45, 2.75) is 25.8 Å². The van der Waals surface area contributed by atoms with Crippen LogP contribution in [0.5, 0.6) is 5.75 Å². The van der Waals surface area contributed by atoms with E-state index in [1.54, 1.807) is 24.3 Å². The summed E-state index contributed by atoms with van der Waals surface area (Å²) in [5, 5.41) is 14.7. The lowest BCUT2D eigenvalue weighted by atomic mass is 10.2. The molecule has 0 spiro atoms. The zero-order chi connectivity index (χ0) is 14.8. The van der Waals surface area contributed by atoms with Crippen molar-refractivity contribution in [2.24, 2.45) is 10.9 Å². The Bertz CT molecular complexity index is 463. The molecule has 1 rings (SSSR count). The summed E-state index contributed by atoms with van der Waals surface area (Å²) in [6.07, 6.45) is 7.43. The maximum absolute atomic E-state index is 8.56. The number of nitrogens with one attached hydrogen (secondary N) is 1. The van der Waals surface area contributed by atoms with Crippen LogP contribution in [0.4, 0.5) is 0 Å². The molecular formula is C15H21N3O2. The summed E-state index contributed by atoms with van der Waals surface area (Å²) >= 11 is 0. The van der Waals surface area contributed by atoms with E-state index in [0.717, 1.165) is 18.6 Å². The summed E-state index contributed by atoms with van der Waals surface area (Å²) in [6, 6.07) is 7.13. The molecule has 0 aliphatic heterocycles. The van der Waals surface area contributed by atoms with Crippen LogP contribution in [0.1, 0.15) is 25.3 Å². The van der Waals surface area contributed by atoms with Crippen molar-refractivity contribution in [3.63, 3.8) is 0 Å². The number of terminal acetylenes is 1. The maximum Gasteiger partial charge on any atom is 0.170 e. The van der Waals surface area contributed by atoms with Crippen molar-refractivity contribution in [3.8, 4) is 18.1 Å². The summed E-state index contributed by atoms with van der Waals surface area (Å²) < 4.78 is 5.57. The summed E-state index contributed by atoms with van der Waals surface area (Å²) in [6.45, 7) is 3.33.